The van der Waals surface area contributed by atoms with E-state index in [2.05, 4.69) is 5.32 Å². The number of carbonyl (C=O) groups is 1. The smallest absolute Gasteiger partial charge is 0.252 e. The van der Waals surface area contributed by atoms with Gasteiger partial charge in [-0.3, -0.25) is 4.79 Å². The first-order valence-electron chi connectivity index (χ1n) is 5.09. The van der Waals surface area contributed by atoms with Crippen LogP contribution in [0, 0.1) is 6.92 Å². The summed E-state index contributed by atoms with van der Waals surface area (Å²) in [6.45, 7) is 4.98. The fourth-order valence-electron chi connectivity index (χ4n) is 1.28. The molecule has 0 radical (unpaired) electrons. The van der Waals surface area contributed by atoms with Gasteiger partial charge in [0.15, 0.2) is 0 Å². The van der Waals surface area contributed by atoms with Gasteiger partial charge in [0.1, 0.15) is 5.75 Å². The van der Waals surface area contributed by atoms with Crippen molar-refractivity contribution in [3.05, 3.63) is 29.3 Å². The molecule has 0 spiro atoms. The lowest BCUT2D eigenvalue weighted by Gasteiger charge is -2.24. The quantitative estimate of drug-likeness (QED) is 0.721. The molecule has 0 saturated heterocycles. The van der Waals surface area contributed by atoms with Crippen molar-refractivity contribution in [2.45, 2.75) is 26.3 Å². The molecule has 1 aromatic rings. The molecule has 1 aromatic carbocycles. The Morgan fingerprint density at radius 3 is 2.62 bits per heavy atom. The van der Waals surface area contributed by atoms with Gasteiger partial charge >= 0.3 is 0 Å². The molecule has 4 nitrogen and oxygen atoms in total. The highest BCUT2D eigenvalue weighted by atomic mass is 16.3. The van der Waals surface area contributed by atoms with Crippen LogP contribution in [0.25, 0.3) is 0 Å². The molecule has 88 valence electrons. The molecule has 0 atom stereocenters. The number of amides is 1. The van der Waals surface area contributed by atoms with Crippen molar-refractivity contribution in [3.63, 3.8) is 0 Å². The van der Waals surface area contributed by atoms with Gasteiger partial charge in [0.25, 0.3) is 5.91 Å². The van der Waals surface area contributed by atoms with E-state index in [4.69, 9.17) is 5.11 Å². The first kappa shape index (κ1) is 12.5. The minimum absolute atomic E-state index is 0.0921. The molecule has 3 N–H and O–H groups in total. The third kappa shape index (κ3) is 2.73. The number of aromatic hydroxyl groups is 1. The van der Waals surface area contributed by atoms with Crippen LogP contribution in [0.3, 0.4) is 0 Å². The molecule has 0 aliphatic heterocycles. The van der Waals surface area contributed by atoms with Crippen LogP contribution >= 0.6 is 0 Å². The third-order valence-corrected chi connectivity index (χ3v) is 2.40. The SMILES string of the molecule is Cc1c(O)cccc1C(=O)NC(C)(C)CO. The topological polar surface area (TPSA) is 69.6 Å². The fourth-order valence-corrected chi connectivity index (χ4v) is 1.28. The number of nitrogens with one attached hydrogen (secondary N) is 1. The molecule has 0 fully saturated rings. The predicted molar refractivity (Wildman–Crippen MR) is 61.5 cm³/mol. The molecule has 0 heterocycles. The van der Waals surface area contributed by atoms with Crippen molar-refractivity contribution in [1.82, 2.24) is 5.32 Å². The van der Waals surface area contributed by atoms with E-state index in [1.165, 1.54) is 6.07 Å². The van der Waals surface area contributed by atoms with Crippen molar-refractivity contribution < 1.29 is 15.0 Å². The summed E-state index contributed by atoms with van der Waals surface area (Å²) in [5, 5.41) is 21.2. The summed E-state index contributed by atoms with van der Waals surface area (Å²) in [5.41, 5.74) is 0.282. The van der Waals surface area contributed by atoms with Crippen LogP contribution in [0.15, 0.2) is 18.2 Å². The van der Waals surface area contributed by atoms with Gasteiger partial charge in [-0.2, -0.15) is 0 Å². The lowest BCUT2D eigenvalue weighted by Crippen LogP contribution is -2.46. The summed E-state index contributed by atoms with van der Waals surface area (Å²) in [4.78, 5) is 11.9. The standard InChI is InChI=1S/C12H17NO3/c1-8-9(5-4-6-10(8)15)11(16)13-12(2,3)7-14/h4-6,14-15H,7H2,1-3H3,(H,13,16). The minimum Gasteiger partial charge on any atom is -0.508 e. The Kier molecular flexibility index (Phi) is 3.55. The van der Waals surface area contributed by atoms with E-state index < -0.39 is 5.54 Å². The Morgan fingerprint density at radius 1 is 1.44 bits per heavy atom. The maximum atomic E-state index is 11.9. The van der Waals surface area contributed by atoms with Crippen LogP contribution in [0.4, 0.5) is 0 Å². The summed E-state index contributed by atoms with van der Waals surface area (Å²) in [5.74, 6) is -0.207. The summed E-state index contributed by atoms with van der Waals surface area (Å²) in [6, 6.07) is 4.78. The van der Waals surface area contributed by atoms with Crippen LogP contribution in [0.5, 0.6) is 5.75 Å². The fraction of sp³-hybridized carbons (Fsp3) is 0.417. The normalized spacial score (nSPS) is 11.2. The van der Waals surface area contributed by atoms with Gasteiger partial charge in [0.05, 0.1) is 12.1 Å². The monoisotopic (exact) mass is 223 g/mol. The van der Waals surface area contributed by atoms with E-state index in [1.807, 2.05) is 0 Å². The number of rotatable bonds is 3. The van der Waals surface area contributed by atoms with Crippen molar-refractivity contribution in [1.29, 1.82) is 0 Å². The highest BCUT2D eigenvalue weighted by Gasteiger charge is 2.21. The first-order chi connectivity index (χ1) is 7.37. The summed E-state index contributed by atoms with van der Waals surface area (Å²) in [7, 11) is 0. The number of aliphatic hydroxyl groups excluding tert-OH is 1. The van der Waals surface area contributed by atoms with E-state index in [1.54, 1.807) is 32.9 Å². The maximum Gasteiger partial charge on any atom is 0.252 e. The van der Waals surface area contributed by atoms with Gasteiger partial charge in [0, 0.05) is 11.1 Å². The highest BCUT2D eigenvalue weighted by molar-refractivity contribution is 5.96. The van der Waals surface area contributed by atoms with Gasteiger partial charge in [-0.25, -0.2) is 0 Å². The Bertz CT molecular complexity index is 399. The van der Waals surface area contributed by atoms with Crippen molar-refractivity contribution in [3.8, 4) is 5.75 Å². The molecule has 1 rings (SSSR count). The van der Waals surface area contributed by atoms with Crippen LogP contribution in [-0.2, 0) is 0 Å². The van der Waals surface area contributed by atoms with Crippen molar-refractivity contribution in [2.24, 2.45) is 0 Å². The van der Waals surface area contributed by atoms with Gasteiger partial charge in [-0.15, -0.1) is 0 Å². The Labute approximate surface area is 94.9 Å². The third-order valence-electron chi connectivity index (χ3n) is 2.40. The van der Waals surface area contributed by atoms with Crippen LogP contribution in [-0.4, -0.2) is 28.3 Å². The molecule has 0 aliphatic carbocycles. The summed E-state index contributed by atoms with van der Waals surface area (Å²) in [6.07, 6.45) is 0. The number of hydrogen-bond acceptors (Lipinski definition) is 3. The maximum absolute atomic E-state index is 11.9. The average Bonchev–Trinajstić information content (AvgIpc) is 2.21. The average molecular weight is 223 g/mol. The number of phenols is 1. The van der Waals surface area contributed by atoms with E-state index in [9.17, 15) is 9.90 Å². The molecule has 0 saturated carbocycles. The van der Waals surface area contributed by atoms with Gasteiger partial charge in [0.2, 0.25) is 0 Å². The predicted octanol–water partition coefficient (Wildman–Crippen LogP) is 1.20. The van der Waals surface area contributed by atoms with Crippen LogP contribution in [0.2, 0.25) is 0 Å². The lowest BCUT2D eigenvalue weighted by atomic mass is 10.0. The summed E-state index contributed by atoms with van der Waals surface area (Å²) >= 11 is 0. The number of benzene rings is 1. The second-order valence-electron chi connectivity index (χ2n) is 4.45. The number of aliphatic hydroxyl groups is 1. The molecule has 0 aromatic heterocycles. The molecule has 0 aliphatic rings. The number of phenolic OH excluding ortho intramolecular Hbond substituents is 1. The van der Waals surface area contributed by atoms with Gasteiger partial charge < -0.3 is 15.5 Å². The molecule has 4 heteroatoms. The summed E-state index contributed by atoms with van der Waals surface area (Å²) < 4.78 is 0. The largest absolute Gasteiger partial charge is 0.508 e. The van der Waals surface area contributed by atoms with Crippen LogP contribution < -0.4 is 5.32 Å². The highest BCUT2D eigenvalue weighted by Crippen LogP contribution is 2.19. The molecular formula is C12H17NO3. The van der Waals surface area contributed by atoms with E-state index in [0.717, 1.165) is 0 Å². The van der Waals surface area contributed by atoms with E-state index in [-0.39, 0.29) is 18.3 Å². The van der Waals surface area contributed by atoms with Gasteiger partial charge in [-0.05, 0) is 32.9 Å². The molecule has 0 unspecified atom stereocenters. The minimum atomic E-state index is -0.672. The number of hydrogen-bond donors (Lipinski definition) is 3. The molecule has 1 amide bonds. The lowest BCUT2D eigenvalue weighted by molar-refractivity contribution is 0.0868. The molecule has 16 heavy (non-hydrogen) atoms. The zero-order chi connectivity index (χ0) is 12.3. The van der Waals surface area contributed by atoms with Crippen molar-refractivity contribution in [2.75, 3.05) is 6.61 Å². The molecule has 0 bridgehead atoms. The van der Waals surface area contributed by atoms with Crippen molar-refractivity contribution >= 4 is 5.91 Å². The van der Waals surface area contributed by atoms with E-state index >= 15 is 0 Å². The number of carbonyl (C=O) groups excluding carboxylic acids is 1. The second kappa shape index (κ2) is 4.53. The molecular weight excluding hydrogens is 206 g/mol. The first-order valence-corrected chi connectivity index (χ1v) is 5.09. The Hall–Kier alpha value is -1.55. The zero-order valence-electron chi connectivity index (χ0n) is 9.74. The van der Waals surface area contributed by atoms with E-state index in [0.29, 0.717) is 11.1 Å². The van der Waals surface area contributed by atoms with Gasteiger partial charge in [-0.1, -0.05) is 6.07 Å². The van der Waals surface area contributed by atoms with Crippen LogP contribution in [0.1, 0.15) is 29.8 Å². The zero-order valence-corrected chi connectivity index (χ0v) is 9.74. The second-order valence-corrected chi connectivity index (χ2v) is 4.45. The Morgan fingerprint density at radius 2 is 2.06 bits per heavy atom. The Balaban J connectivity index is 2.94.